The van der Waals surface area contributed by atoms with E-state index in [9.17, 15) is 0 Å². The molecule has 0 amide bonds. The second-order valence-corrected chi connectivity index (χ2v) is 4.02. The molecule has 2 nitrogen and oxygen atoms in total. The lowest BCUT2D eigenvalue weighted by molar-refractivity contribution is 0.535. The lowest BCUT2D eigenvalue weighted by Gasteiger charge is -2.17. The van der Waals surface area contributed by atoms with Gasteiger partial charge in [0.15, 0.2) is 0 Å². The molecule has 0 bridgehead atoms. The molecule has 1 rings (SSSR count). The fraction of sp³-hybridized carbons (Fsp3) is 0.545. The minimum atomic E-state index is 0.479. The molecule has 1 atom stereocenters. The van der Waals surface area contributed by atoms with Crippen molar-refractivity contribution in [2.75, 3.05) is 5.73 Å². The molecule has 0 aliphatic heterocycles. The zero-order valence-electron chi connectivity index (χ0n) is 8.83. The molecule has 0 aromatic carbocycles. The maximum Gasteiger partial charge on any atom is 0.126 e. The Balaban J connectivity index is 3.05. The molecule has 0 spiro atoms. The highest BCUT2D eigenvalue weighted by molar-refractivity contribution is 5.43. The molecule has 0 aliphatic rings. The zero-order valence-corrected chi connectivity index (χ0v) is 8.83. The molecule has 1 aromatic heterocycles. The molecule has 0 saturated carbocycles. The van der Waals surface area contributed by atoms with Crippen LogP contribution in [0.1, 0.15) is 37.8 Å². The van der Waals surface area contributed by atoms with Crippen molar-refractivity contribution in [3.63, 3.8) is 0 Å². The zero-order chi connectivity index (χ0) is 10.0. The van der Waals surface area contributed by atoms with Crippen LogP contribution in [-0.2, 0) is 0 Å². The standard InChI is InChI=1S/C11H18N2/c1-7(2)9(4)10-5-8(3)6-13-11(10)12/h5-7,9H,1-4H3,(H2,12,13). The smallest absolute Gasteiger partial charge is 0.126 e. The van der Waals surface area contributed by atoms with Crippen molar-refractivity contribution >= 4 is 5.82 Å². The van der Waals surface area contributed by atoms with E-state index < -0.39 is 0 Å². The molecule has 0 fully saturated rings. The Morgan fingerprint density at radius 1 is 1.31 bits per heavy atom. The first-order valence-electron chi connectivity index (χ1n) is 4.74. The number of hydrogen-bond donors (Lipinski definition) is 1. The highest BCUT2D eigenvalue weighted by Gasteiger charge is 2.13. The van der Waals surface area contributed by atoms with Gasteiger partial charge in [-0.15, -0.1) is 0 Å². The number of rotatable bonds is 2. The average molecular weight is 178 g/mol. The van der Waals surface area contributed by atoms with Crippen LogP contribution in [0.25, 0.3) is 0 Å². The van der Waals surface area contributed by atoms with Crippen LogP contribution in [-0.4, -0.2) is 4.98 Å². The van der Waals surface area contributed by atoms with Crippen molar-refractivity contribution < 1.29 is 0 Å². The molecule has 72 valence electrons. The molecule has 13 heavy (non-hydrogen) atoms. The number of aryl methyl sites for hydroxylation is 1. The number of hydrogen-bond acceptors (Lipinski definition) is 2. The molecule has 2 heteroatoms. The first kappa shape index (κ1) is 10.0. The second-order valence-electron chi connectivity index (χ2n) is 4.02. The number of pyridine rings is 1. The van der Waals surface area contributed by atoms with Crippen LogP contribution in [0, 0.1) is 12.8 Å². The van der Waals surface area contributed by atoms with Crippen molar-refractivity contribution in [3.8, 4) is 0 Å². The molecule has 1 aromatic rings. The molecule has 0 saturated heterocycles. The van der Waals surface area contributed by atoms with E-state index in [1.54, 1.807) is 0 Å². The van der Waals surface area contributed by atoms with Gasteiger partial charge in [0.05, 0.1) is 0 Å². The summed E-state index contributed by atoms with van der Waals surface area (Å²) in [5, 5.41) is 0. The van der Waals surface area contributed by atoms with E-state index in [1.165, 1.54) is 11.1 Å². The Labute approximate surface area is 80.2 Å². The maximum atomic E-state index is 5.82. The molecule has 1 heterocycles. The van der Waals surface area contributed by atoms with Crippen molar-refractivity contribution in [3.05, 3.63) is 23.4 Å². The van der Waals surface area contributed by atoms with Crippen LogP contribution in [0.5, 0.6) is 0 Å². The number of nitrogens with two attached hydrogens (primary N) is 1. The highest BCUT2D eigenvalue weighted by atomic mass is 14.8. The van der Waals surface area contributed by atoms with E-state index in [2.05, 4.69) is 31.8 Å². The van der Waals surface area contributed by atoms with Gasteiger partial charge in [-0.25, -0.2) is 4.98 Å². The topological polar surface area (TPSA) is 38.9 Å². The Hall–Kier alpha value is -1.05. The molecular weight excluding hydrogens is 160 g/mol. The van der Waals surface area contributed by atoms with Crippen molar-refractivity contribution in [1.82, 2.24) is 4.98 Å². The summed E-state index contributed by atoms with van der Waals surface area (Å²) in [6.07, 6.45) is 1.81. The van der Waals surface area contributed by atoms with Crippen molar-refractivity contribution in [2.24, 2.45) is 5.92 Å². The van der Waals surface area contributed by atoms with E-state index in [4.69, 9.17) is 5.73 Å². The summed E-state index contributed by atoms with van der Waals surface area (Å²) in [5.41, 5.74) is 8.17. The van der Waals surface area contributed by atoms with Gasteiger partial charge in [0.1, 0.15) is 5.82 Å². The first-order valence-corrected chi connectivity index (χ1v) is 4.74. The lowest BCUT2D eigenvalue weighted by atomic mass is 9.90. The normalized spacial score (nSPS) is 13.3. The predicted molar refractivity (Wildman–Crippen MR) is 56.6 cm³/mol. The summed E-state index contributed by atoms with van der Waals surface area (Å²) < 4.78 is 0. The van der Waals surface area contributed by atoms with Gasteiger partial charge < -0.3 is 5.73 Å². The number of nitrogens with zero attached hydrogens (tertiary/aromatic N) is 1. The first-order chi connectivity index (χ1) is 6.02. The predicted octanol–water partition coefficient (Wildman–Crippen LogP) is 2.73. The van der Waals surface area contributed by atoms with Crippen molar-refractivity contribution in [2.45, 2.75) is 33.6 Å². The van der Waals surface area contributed by atoms with Gasteiger partial charge in [-0.05, 0) is 29.9 Å². The van der Waals surface area contributed by atoms with Crippen LogP contribution in [0.4, 0.5) is 5.82 Å². The summed E-state index contributed by atoms with van der Waals surface area (Å²) in [7, 11) is 0. The van der Waals surface area contributed by atoms with Gasteiger partial charge in [0.2, 0.25) is 0 Å². The van der Waals surface area contributed by atoms with Crippen LogP contribution in [0.2, 0.25) is 0 Å². The van der Waals surface area contributed by atoms with E-state index >= 15 is 0 Å². The third kappa shape index (κ3) is 2.20. The van der Waals surface area contributed by atoms with Gasteiger partial charge in [-0.3, -0.25) is 0 Å². The number of aromatic nitrogens is 1. The molecule has 1 unspecified atom stereocenters. The SMILES string of the molecule is Cc1cnc(N)c(C(C)C(C)C)c1. The fourth-order valence-corrected chi connectivity index (χ4v) is 1.33. The fourth-order valence-electron chi connectivity index (χ4n) is 1.33. The van der Waals surface area contributed by atoms with E-state index in [-0.39, 0.29) is 0 Å². The summed E-state index contributed by atoms with van der Waals surface area (Å²) in [4.78, 5) is 4.16. The Morgan fingerprint density at radius 3 is 2.46 bits per heavy atom. The Morgan fingerprint density at radius 2 is 1.92 bits per heavy atom. The summed E-state index contributed by atoms with van der Waals surface area (Å²) in [6, 6.07) is 2.13. The van der Waals surface area contributed by atoms with E-state index in [1.807, 2.05) is 13.1 Å². The van der Waals surface area contributed by atoms with E-state index in [0.717, 1.165) is 0 Å². The minimum absolute atomic E-state index is 0.479. The van der Waals surface area contributed by atoms with Crippen LogP contribution in [0.15, 0.2) is 12.3 Å². The minimum Gasteiger partial charge on any atom is -0.383 e. The van der Waals surface area contributed by atoms with Gasteiger partial charge in [-0.2, -0.15) is 0 Å². The molecule has 0 aliphatic carbocycles. The average Bonchev–Trinajstić information content (AvgIpc) is 2.08. The lowest BCUT2D eigenvalue weighted by Crippen LogP contribution is -2.07. The third-order valence-electron chi connectivity index (χ3n) is 2.58. The number of anilines is 1. The van der Waals surface area contributed by atoms with Crippen LogP contribution >= 0.6 is 0 Å². The maximum absolute atomic E-state index is 5.82. The third-order valence-corrected chi connectivity index (χ3v) is 2.58. The highest BCUT2D eigenvalue weighted by Crippen LogP contribution is 2.27. The molecule has 2 N–H and O–H groups in total. The Bertz CT molecular complexity index is 292. The van der Waals surface area contributed by atoms with Crippen LogP contribution < -0.4 is 5.73 Å². The van der Waals surface area contributed by atoms with Gasteiger partial charge in [0, 0.05) is 6.20 Å². The second kappa shape index (κ2) is 3.77. The van der Waals surface area contributed by atoms with Gasteiger partial charge >= 0.3 is 0 Å². The largest absolute Gasteiger partial charge is 0.383 e. The van der Waals surface area contributed by atoms with E-state index in [0.29, 0.717) is 17.7 Å². The monoisotopic (exact) mass is 178 g/mol. The molecule has 0 radical (unpaired) electrons. The van der Waals surface area contributed by atoms with Gasteiger partial charge in [0.25, 0.3) is 0 Å². The summed E-state index contributed by atoms with van der Waals surface area (Å²) >= 11 is 0. The summed E-state index contributed by atoms with van der Waals surface area (Å²) in [5.74, 6) is 1.75. The number of nitrogen functional groups attached to an aromatic ring is 1. The quantitative estimate of drug-likeness (QED) is 0.756. The Kier molecular flexibility index (Phi) is 2.91. The van der Waals surface area contributed by atoms with Crippen molar-refractivity contribution in [1.29, 1.82) is 0 Å². The molecular formula is C11H18N2. The van der Waals surface area contributed by atoms with Gasteiger partial charge in [-0.1, -0.05) is 26.8 Å². The van der Waals surface area contributed by atoms with Crippen LogP contribution in [0.3, 0.4) is 0 Å². The summed E-state index contributed by atoms with van der Waals surface area (Å²) in [6.45, 7) is 8.64.